The minimum atomic E-state index is -0.152. The molecule has 1 amide bonds. The van der Waals surface area contributed by atoms with Gasteiger partial charge in [0.1, 0.15) is 0 Å². The molecule has 2 rings (SSSR count). The third-order valence-electron chi connectivity index (χ3n) is 3.19. The second kappa shape index (κ2) is 5.97. The van der Waals surface area contributed by atoms with Gasteiger partial charge in [-0.05, 0) is 13.5 Å². The molecule has 6 nitrogen and oxygen atoms in total. The highest BCUT2D eigenvalue weighted by Crippen LogP contribution is 2.16. The van der Waals surface area contributed by atoms with E-state index in [1.54, 1.807) is 0 Å². The highest BCUT2D eigenvalue weighted by Gasteiger charge is 2.33. The van der Waals surface area contributed by atoms with Gasteiger partial charge in [0.15, 0.2) is 5.82 Å². The summed E-state index contributed by atoms with van der Waals surface area (Å²) in [6.07, 6.45) is 1.99. The minimum absolute atomic E-state index is 0.0404. The fraction of sp³-hybridized carbons (Fsp3) is 0.667. The number of ether oxygens (including phenoxy) is 1. The number of hydrogen-bond acceptors (Lipinski definition) is 4. The Morgan fingerprint density at radius 2 is 2.44 bits per heavy atom. The Morgan fingerprint density at radius 3 is 3.17 bits per heavy atom. The maximum absolute atomic E-state index is 12.1. The van der Waals surface area contributed by atoms with Gasteiger partial charge >= 0.3 is 0 Å². The van der Waals surface area contributed by atoms with E-state index >= 15 is 0 Å². The quantitative estimate of drug-likeness (QED) is 0.714. The lowest BCUT2D eigenvalue weighted by molar-refractivity contribution is -0.120. The van der Waals surface area contributed by atoms with Crippen LogP contribution in [0.2, 0.25) is 0 Å². The van der Waals surface area contributed by atoms with E-state index in [2.05, 4.69) is 27.8 Å². The van der Waals surface area contributed by atoms with E-state index in [0.717, 1.165) is 18.5 Å². The van der Waals surface area contributed by atoms with Crippen molar-refractivity contribution < 1.29 is 9.53 Å². The number of carbonyl (C=O) groups excluding carboxylic acids is 1. The van der Waals surface area contributed by atoms with E-state index in [1.807, 2.05) is 13.1 Å². The van der Waals surface area contributed by atoms with Crippen molar-refractivity contribution in [2.75, 3.05) is 25.6 Å². The molecule has 0 bridgehead atoms. The molecule has 2 heterocycles. The molecule has 0 aromatic carbocycles. The van der Waals surface area contributed by atoms with Gasteiger partial charge in [0.25, 0.3) is 0 Å². The van der Waals surface area contributed by atoms with Gasteiger partial charge in [-0.25, -0.2) is 0 Å². The van der Waals surface area contributed by atoms with E-state index < -0.39 is 0 Å². The zero-order valence-corrected chi connectivity index (χ0v) is 10.8. The van der Waals surface area contributed by atoms with Crippen LogP contribution in [0.3, 0.4) is 0 Å². The topological polar surface area (TPSA) is 79.0 Å². The summed E-state index contributed by atoms with van der Waals surface area (Å²) >= 11 is 0. The first-order valence-electron chi connectivity index (χ1n) is 6.34. The predicted molar refractivity (Wildman–Crippen MR) is 68.4 cm³/mol. The van der Waals surface area contributed by atoms with Crippen LogP contribution in [0.15, 0.2) is 6.07 Å². The van der Waals surface area contributed by atoms with Crippen LogP contribution in [0.4, 0.5) is 5.82 Å². The zero-order valence-electron chi connectivity index (χ0n) is 10.8. The lowest BCUT2D eigenvalue weighted by Gasteiger charge is -2.15. The Labute approximate surface area is 106 Å². The van der Waals surface area contributed by atoms with Crippen molar-refractivity contribution in [1.82, 2.24) is 15.5 Å². The third kappa shape index (κ3) is 2.88. The first-order valence-corrected chi connectivity index (χ1v) is 6.34. The summed E-state index contributed by atoms with van der Waals surface area (Å²) in [6, 6.07) is 1.96. The van der Waals surface area contributed by atoms with E-state index in [9.17, 15) is 4.79 Å². The molecule has 0 spiro atoms. The molecule has 1 aromatic heterocycles. The van der Waals surface area contributed by atoms with Crippen LogP contribution in [-0.4, -0.2) is 42.4 Å². The second-order valence-electron chi connectivity index (χ2n) is 4.56. The number of aryl methyl sites for hydroxylation is 1. The first-order chi connectivity index (χ1) is 8.74. The molecule has 0 saturated carbocycles. The van der Waals surface area contributed by atoms with Crippen LogP contribution < -0.4 is 10.6 Å². The Morgan fingerprint density at radius 1 is 1.61 bits per heavy atom. The second-order valence-corrected chi connectivity index (χ2v) is 4.56. The average molecular weight is 252 g/mol. The van der Waals surface area contributed by atoms with Gasteiger partial charge in [-0.15, -0.1) is 0 Å². The highest BCUT2D eigenvalue weighted by molar-refractivity contribution is 5.92. The Hall–Kier alpha value is -1.40. The van der Waals surface area contributed by atoms with E-state index in [4.69, 9.17) is 4.74 Å². The number of aromatic amines is 1. The zero-order chi connectivity index (χ0) is 13.0. The maximum Gasteiger partial charge on any atom is 0.232 e. The van der Waals surface area contributed by atoms with E-state index in [1.165, 1.54) is 0 Å². The summed E-state index contributed by atoms with van der Waals surface area (Å²) in [6.45, 7) is 3.15. The van der Waals surface area contributed by atoms with Crippen LogP contribution >= 0.6 is 0 Å². The molecule has 1 aromatic rings. The fourth-order valence-corrected chi connectivity index (χ4v) is 2.14. The van der Waals surface area contributed by atoms with Crippen LogP contribution in [0.1, 0.15) is 19.0 Å². The monoisotopic (exact) mass is 252 g/mol. The Kier molecular flexibility index (Phi) is 4.33. The predicted octanol–water partition coefficient (Wildman–Crippen LogP) is 0.535. The lowest BCUT2D eigenvalue weighted by Crippen LogP contribution is -2.39. The van der Waals surface area contributed by atoms with Gasteiger partial charge < -0.3 is 15.4 Å². The first kappa shape index (κ1) is 13.0. The lowest BCUT2D eigenvalue weighted by atomic mass is 10.0. The van der Waals surface area contributed by atoms with Gasteiger partial charge in [-0.1, -0.05) is 13.3 Å². The Balaban J connectivity index is 1.93. The molecule has 1 fully saturated rings. The van der Waals surface area contributed by atoms with Crippen molar-refractivity contribution in [3.63, 3.8) is 0 Å². The summed E-state index contributed by atoms with van der Waals surface area (Å²) in [5.74, 6) is 0.396. The van der Waals surface area contributed by atoms with Crippen molar-refractivity contribution in [3.05, 3.63) is 11.8 Å². The summed E-state index contributed by atoms with van der Waals surface area (Å²) in [7, 11) is 1.84. The fourth-order valence-electron chi connectivity index (χ4n) is 2.14. The van der Waals surface area contributed by atoms with E-state index in [-0.39, 0.29) is 17.9 Å². The number of nitrogens with one attached hydrogen (secondary N) is 3. The van der Waals surface area contributed by atoms with Crippen molar-refractivity contribution in [2.24, 2.45) is 5.92 Å². The summed E-state index contributed by atoms with van der Waals surface area (Å²) in [5.41, 5.74) is 1.04. The molecule has 0 radical (unpaired) electrons. The summed E-state index contributed by atoms with van der Waals surface area (Å²) in [5, 5.41) is 12.9. The SMILES string of the molecule is CCCc1cc(NC(=O)C2COCC2NC)n[nH]1. The molecule has 6 heteroatoms. The third-order valence-corrected chi connectivity index (χ3v) is 3.19. The van der Waals surface area contributed by atoms with Gasteiger partial charge in [-0.2, -0.15) is 5.10 Å². The summed E-state index contributed by atoms with van der Waals surface area (Å²) in [4.78, 5) is 12.1. The van der Waals surface area contributed by atoms with Gasteiger partial charge in [0.2, 0.25) is 5.91 Å². The number of amides is 1. The number of aromatic nitrogens is 2. The van der Waals surface area contributed by atoms with Crippen molar-refractivity contribution in [3.8, 4) is 0 Å². The minimum Gasteiger partial charge on any atom is -0.379 e. The smallest absolute Gasteiger partial charge is 0.232 e. The molecule has 0 aliphatic carbocycles. The van der Waals surface area contributed by atoms with Gasteiger partial charge in [0.05, 0.1) is 19.1 Å². The van der Waals surface area contributed by atoms with Crippen LogP contribution in [0.5, 0.6) is 0 Å². The highest BCUT2D eigenvalue weighted by atomic mass is 16.5. The molecule has 2 atom stereocenters. The van der Waals surface area contributed by atoms with Crippen molar-refractivity contribution in [2.45, 2.75) is 25.8 Å². The largest absolute Gasteiger partial charge is 0.379 e. The van der Waals surface area contributed by atoms with Gasteiger partial charge in [0, 0.05) is 17.8 Å². The van der Waals surface area contributed by atoms with E-state index in [0.29, 0.717) is 19.0 Å². The number of hydrogen-bond donors (Lipinski definition) is 3. The molecule has 100 valence electrons. The normalized spacial score (nSPS) is 23.2. The van der Waals surface area contributed by atoms with Crippen LogP contribution in [0, 0.1) is 5.92 Å². The molecule has 1 aliphatic rings. The number of carbonyl (C=O) groups is 1. The Bertz CT molecular complexity index is 405. The van der Waals surface area contributed by atoms with Crippen molar-refractivity contribution in [1.29, 1.82) is 0 Å². The number of likely N-dealkylation sites (N-methyl/N-ethyl adjacent to an activating group) is 1. The molecular formula is C12H20N4O2. The van der Waals surface area contributed by atoms with Crippen LogP contribution in [0.25, 0.3) is 0 Å². The number of anilines is 1. The standard InChI is InChI=1S/C12H20N4O2/c1-3-4-8-5-11(16-15-8)14-12(17)9-6-18-7-10(9)13-2/h5,9-10,13H,3-4,6-7H2,1-2H3,(H2,14,15,16,17). The molecular weight excluding hydrogens is 232 g/mol. The molecule has 1 aliphatic heterocycles. The summed E-state index contributed by atoms with van der Waals surface area (Å²) < 4.78 is 5.31. The molecule has 2 unspecified atom stereocenters. The number of rotatable bonds is 5. The number of nitrogens with zero attached hydrogens (tertiary/aromatic N) is 1. The maximum atomic E-state index is 12.1. The average Bonchev–Trinajstić information content (AvgIpc) is 2.98. The van der Waals surface area contributed by atoms with Crippen LogP contribution in [-0.2, 0) is 16.0 Å². The van der Waals surface area contributed by atoms with Gasteiger partial charge in [-0.3, -0.25) is 9.89 Å². The molecule has 18 heavy (non-hydrogen) atoms. The number of H-pyrrole nitrogens is 1. The van der Waals surface area contributed by atoms with Crippen molar-refractivity contribution >= 4 is 11.7 Å². The molecule has 3 N–H and O–H groups in total. The molecule has 1 saturated heterocycles.